The molecule has 2 N–H and O–H groups in total. The van der Waals surface area contributed by atoms with E-state index in [-0.39, 0.29) is 34.7 Å². The minimum atomic E-state index is -4.96. The Hall–Kier alpha value is -1.65. The molecule has 0 bridgehead atoms. The van der Waals surface area contributed by atoms with Crippen LogP contribution in [0.1, 0.15) is 5.56 Å². The van der Waals surface area contributed by atoms with Gasteiger partial charge in [0, 0.05) is 11.0 Å². The first-order valence-electron chi connectivity index (χ1n) is 7.24. The summed E-state index contributed by atoms with van der Waals surface area (Å²) in [6.45, 7) is -0.145. The average molecular weight is 479 g/mol. The smallest absolute Gasteiger partial charge is 0.416 e. The molecular formula is C16H11BrClF6NO2. The quantitative estimate of drug-likeness (QED) is 0.414. The zero-order chi connectivity index (χ0) is 20.4. The van der Waals surface area contributed by atoms with E-state index >= 15 is 0 Å². The molecule has 1 unspecified atom stereocenters. The van der Waals surface area contributed by atoms with Crippen LogP contribution < -0.4 is 10.1 Å². The number of alkyl halides is 4. The first-order valence-corrected chi connectivity index (χ1v) is 8.56. The molecule has 3 nitrogen and oxygen atoms in total. The maximum atomic E-state index is 14.2. The number of nitrogens with one attached hydrogen (secondary N) is 1. The van der Waals surface area contributed by atoms with Gasteiger partial charge in [-0.15, -0.1) is 11.6 Å². The van der Waals surface area contributed by atoms with Crippen LogP contribution in [0.3, 0.4) is 0 Å². The first kappa shape index (κ1) is 21.6. The van der Waals surface area contributed by atoms with E-state index in [1.165, 1.54) is 6.07 Å². The Labute approximate surface area is 163 Å². The zero-order valence-electron chi connectivity index (χ0n) is 13.2. The number of hydrogen-bond donors (Lipinski definition) is 2. The number of aliphatic hydroxyl groups excluding tert-OH is 1. The summed E-state index contributed by atoms with van der Waals surface area (Å²) >= 11 is 8.47. The van der Waals surface area contributed by atoms with Gasteiger partial charge < -0.3 is 15.2 Å². The number of hydrogen-bond acceptors (Lipinski definition) is 3. The number of aliphatic hydroxyl groups is 1. The molecule has 0 aromatic heterocycles. The summed E-state index contributed by atoms with van der Waals surface area (Å²) in [5.41, 5.74) is -1.66. The standard InChI is InChI=1S/C16H11BrClF6NO2/c17-8-3-12(21)15(13(4-8)25-6-9(26)5-18)27-14-10(19)1-7(2-11(14)20)16(22,23)24/h1-4,9,25-26H,5-6H2. The highest BCUT2D eigenvalue weighted by Gasteiger charge is 2.33. The summed E-state index contributed by atoms with van der Waals surface area (Å²) in [5, 5.41) is 12.1. The summed E-state index contributed by atoms with van der Waals surface area (Å²) in [6, 6.07) is 2.30. The van der Waals surface area contributed by atoms with Crippen molar-refractivity contribution in [1.29, 1.82) is 0 Å². The molecule has 27 heavy (non-hydrogen) atoms. The second-order valence-corrected chi connectivity index (χ2v) is 6.55. The molecule has 1 atom stereocenters. The van der Waals surface area contributed by atoms with E-state index in [2.05, 4.69) is 21.2 Å². The Morgan fingerprint density at radius 3 is 2.11 bits per heavy atom. The van der Waals surface area contributed by atoms with Gasteiger partial charge in [-0.2, -0.15) is 13.2 Å². The number of ether oxygens (including phenoxy) is 1. The van der Waals surface area contributed by atoms with Gasteiger partial charge in [0.15, 0.2) is 29.0 Å². The van der Waals surface area contributed by atoms with Crippen LogP contribution in [-0.4, -0.2) is 23.6 Å². The van der Waals surface area contributed by atoms with E-state index in [1.807, 2.05) is 0 Å². The van der Waals surface area contributed by atoms with Crippen LogP contribution in [0.2, 0.25) is 0 Å². The third kappa shape index (κ3) is 5.43. The Balaban J connectivity index is 2.42. The number of halogens is 8. The van der Waals surface area contributed by atoms with Gasteiger partial charge in [0.2, 0.25) is 0 Å². The first-order chi connectivity index (χ1) is 12.5. The van der Waals surface area contributed by atoms with Gasteiger partial charge in [-0.25, -0.2) is 13.2 Å². The molecule has 0 spiro atoms. The maximum Gasteiger partial charge on any atom is 0.416 e. The summed E-state index contributed by atoms with van der Waals surface area (Å²) in [5.74, 6) is -6.37. The third-order valence-corrected chi connectivity index (χ3v) is 4.06. The molecule has 148 valence electrons. The van der Waals surface area contributed by atoms with Gasteiger partial charge in [-0.05, 0) is 24.3 Å². The van der Waals surface area contributed by atoms with Crippen molar-refractivity contribution < 1.29 is 36.2 Å². The fourth-order valence-corrected chi connectivity index (χ4v) is 2.54. The molecule has 2 rings (SSSR count). The highest BCUT2D eigenvalue weighted by atomic mass is 79.9. The van der Waals surface area contributed by atoms with Crippen molar-refractivity contribution in [3.8, 4) is 11.5 Å². The van der Waals surface area contributed by atoms with Crippen molar-refractivity contribution >= 4 is 33.2 Å². The van der Waals surface area contributed by atoms with Crippen LogP contribution in [0, 0.1) is 17.5 Å². The minimum absolute atomic E-state index is 0.0412. The summed E-state index contributed by atoms with van der Waals surface area (Å²) < 4.78 is 85.1. The van der Waals surface area contributed by atoms with Crippen molar-refractivity contribution in [3.05, 3.63) is 51.8 Å². The largest absolute Gasteiger partial charge is 0.446 e. The van der Waals surface area contributed by atoms with Crippen molar-refractivity contribution in [2.75, 3.05) is 17.7 Å². The predicted octanol–water partition coefficient (Wildman–Crippen LogP) is 5.69. The molecule has 0 aliphatic carbocycles. The lowest BCUT2D eigenvalue weighted by Gasteiger charge is -2.17. The summed E-state index contributed by atoms with van der Waals surface area (Å²) in [6.07, 6.45) is -5.98. The van der Waals surface area contributed by atoms with Crippen molar-refractivity contribution in [2.24, 2.45) is 0 Å². The minimum Gasteiger partial charge on any atom is -0.446 e. The average Bonchev–Trinajstić information content (AvgIpc) is 2.56. The lowest BCUT2D eigenvalue weighted by molar-refractivity contribution is -0.138. The SMILES string of the molecule is OC(CCl)CNc1cc(Br)cc(F)c1Oc1c(F)cc(C(F)(F)F)cc1F. The Kier molecular flexibility index (Phi) is 6.87. The zero-order valence-corrected chi connectivity index (χ0v) is 15.5. The van der Waals surface area contributed by atoms with Gasteiger partial charge in [0.05, 0.1) is 23.2 Å². The molecule has 0 saturated carbocycles. The van der Waals surface area contributed by atoms with Crippen molar-refractivity contribution in [1.82, 2.24) is 0 Å². The fourth-order valence-electron chi connectivity index (χ4n) is 2.00. The summed E-state index contributed by atoms with van der Waals surface area (Å²) in [7, 11) is 0. The van der Waals surface area contributed by atoms with Crippen LogP contribution in [-0.2, 0) is 6.18 Å². The topological polar surface area (TPSA) is 41.5 Å². The van der Waals surface area contributed by atoms with Gasteiger partial charge in [-0.1, -0.05) is 15.9 Å². The van der Waals surface area contributed by atoms with E-state index in [4.69, 9.17) is 16.3 Å². The molecule has 0 radical (unpaired) electrons. The molecule has 0 aliphatic rings. The molecule has 11 heteroatoms. The van der Waals surface area contributed by atoms with E-state index in [0.29, 0.717) is 0 Å². The van der Waals surface area contributed by atoms with Gasteiger partial charge in [0.25, 0.3) is 0 Å². The van der Waals surface area contributed by atoms with Crippen molar-refractivity contribution in [2.45, 2.75) is 12.3 Å². The molecule has 0 amide bonds. The Bertz CT molecular complexity index is 810. The Morgan fingerprint density at radius 1 is 1.04 bits per heavy atom. The highest BCUT2D eigenvalue weighted by Crippen LogP contribution is 2.39. The van der Waals surface area contributed by atoms with Gasteiger partial charge in [-0.3, -0.25) is 0 Å². The van der Waals surface area contributed by atoms with E-state index in [9.17, 15) is 31.4 Å². The number of benzene rings is 2. The van der Waals surface area contributed by atoms with Crippen LogP contribution >= 0.6 is 27.5 Å². The fraction of sp³-hybridized carbons (Fsp3) is 0.250. The maximum absolute atomic E-state index is 14.2. The lowest BCUT2D eigenvalue weighted by Crippen LogP contribution is -2.21. The second kappa shape index (κ2) is 8.57. The molecular weight excluding hydrogens is 468 g/mol. The van der Waals surface area contributed by atoms with Crippen LogP contribution in [0.5, 0.6) is 11.5 Å². The normalized spacial score (nSPS) is 12.8. The number of rotatable bonds is 6. The third-order valence-electron chi connectivity index (χ3n) is 3.24. The second-order valence-electron chi connectivity index (χ2n) is 5.32. The van der Waals surface area contributed by atoms with E-state index < -0.39 is 46.8 Å². The van der Waals surface area contributed by atoms with Crippen LogP contribution in [0.4, 0.5) is 32.0 Å². The summed E-state index contributed by atoms with van der Waals surface area (Å²) in [4.78, 5) is 0. The molecule has 0 saturated heterocycles. The molecule has 0 aliphatic heterocycles. The lowest BCUT2D eigenvalue weighted by atomic mass is 10.2. The highest BCUT2D eigenvalue weighted by molar-refractivity contribution is 9.10. The van der Waals surface area contributed by atoms with Gasteiger partial charge in [0.1, 0.15) is 0 Å². The molecule has 0 heterocycles. The molecule has 2 aromatic rings. The predicted molar refractivity (Wildman–Crippen MR) is 90.8 cm³/mol. The van der Waals surface area contributed by atoms with Gasteiger partial charge >= 0.3 is 6.18 Å². The van der Waals surface area contributed by atoms with E-state index in [1.54, 1.807) is 0 Å². The molecule has 0 fully saturated rings. The number of anilines is 1. The Morgan fingerprint density at radius 2 is 1.59 bits per heavy atom. The van der Waals surface area contributed by atoms with Crippen LogP contribution in [0.25, 0.3) is 0 Å². The molecule has 2 aromatic carbocycles. The van der Waals surface area contributed by atoms with Crippen molar-refractivity contribution in [3.63, 3.8) is 0 Å². The monoisotopic (exact) mass is 477 g/mol. The van der Waals surface area contributed by atoms with Crippen LogP contribution in [0.15, 0.2) is 28.7 Å². The van der Waals surface area contributed by atoms with E-state index in [0.717, 1.165) is 6.07 Å².